The predicted molar refractivity (Wildman–Crippen MR) is 141 cm³/mol. The molecule has 0 radical (unpaired) electrons. The van der Waals surface area contributed by atoms with E-state index in [1.807, 2.05) is 24.3 Å². The average molecular weight is 512 g/mol. The Morgan fingerprint density at radius 2 is 1.92 bits per heavy atom. The lowest BCUT2D eigenvalue weighted by molar-refractivity contribution is -0.148. The third-order valence-electron chi connectivity index (χ3n) is 7.17. The number of carboxylic acid groups (broad SMARTS) is 1. The zero-order valence-corrected chi connectivity index (χ0v) is 20.7. The monoisotopic (exact) mass is 511 g/mol. The smallest absolute Gasteiger partial charge is 0.335 e. The number of anilines is 3. The van der Waals surface area contributed by atoms with Crippen molar-refractivity contribution in [3.05, 3.63) is 71.3 Å². The number of carbonyl (C=O) groups is 3. The SMILES string of the molecule is CCOC(=O)[C@@H]1CCCN(c2cc(Nc3ccc(C(=O)O)cc3)c3c4c(onc24)-c2ccccc2C3=O)C1. The lowest BCUT2D eigenvalue weighted by Crippen LogP contribution is -2.39. The summed E-state index contributed by atoms with van der Waals surface area (Å²) in [6.07, 6.45) is 1.55. The van der Waals surface area contributed by atoms with Crippen LogP contribution in [-0.2, 0) is 9.53 Å². The Morgan fingerprint density at radius 1 is 1.16 bits per heavy atom. The van der Waals surface area contributed by atoms with Gasteiger partial charge in [-0.3, -0.25) is 9.59 Å². The second kappa shape index (κ2) is 9.33. The van der Waals surface area contributed by atoms with E-state index in [0.29, 0.717) is 64.4 Å². The lowest BCUT2D eigenvalue weighted by Gasteiger charge is -2.34. The van der Waals surface area contributed by atoms with E-state index in [4.69, 9.17) is 9.26 Å². The molecule has 2 heterocycles. The Kier molecular flexibility index (Phi) is 5.83. The van der Waals surface area contributed by atoms with E-state index in [9.17, 15) is 19.5 Å². The number of nitrogens with one attached hydrogen (secondary N) is 1. The fourth-order valence-corrected chi connectivity index (χ4v) is 5.38. The van der Waals surface area contributed by atoms with Crippen LogP contribution in [0.1, 0.15) is 46.0 Å². The van der Waals surface area contributed by atoms with Crippen LogP contribution in [0.2, 0.25) is 0 Å². The highest BCUT2D eigenvalue weighted by atomic mass is 16.5. The molecule has 1 saturated heterocycles. The summed E-state index contributed by atoms with van der Waals surface area (Å²) in [5, 5.41) is 17.6. The number of rotatable bonds is 6. The molecule has 0 unspecified atom stereocenters. The van der Waals surface area contributed by atoms with Crippen molar-refractivity contribution in [2.75, 3.05) is 29.9 Å². The third kappa shape index (κ3) is 3.87. The van der Waals surface area contributed by atoms with Crippen molar-refractivity contribution in [1.29, 1.82) is 0 Å². The molecule has 0 spiro atoms. The van der Waals surface area contributed by atoms with Crippen LogP contribution < -0.4 is 10.2 Å². The molecule has 9 heteroatoms. The summed E-state index contributed by atoms with van der Waals surface area (Å²) in [6, 6.07) is 15.5. The predicted octanol–water partition coefficient (Wildman–Crippen LogP) is 5.26. The molecule has 192 valence electrons. The minimum Gasteiger partial charge on any atom is -0.478 e. The first-order chi connectivity index (χ1) is 18.5. The fourth-order valence-electron chi connectivity index (χ4n) is 5.38. The van der Waals surface area contributed by atoms with Gasteiger partial charge >= 0.3 is 11.9 Å². The average Bonchev–Trinajstić information content (AvgIpc) is 3.38. The number of benzene rings is 3. The molecule has 6 rings (SSSR count). The molecule has 1 aliphatic carbocycles. The Morgan fingerprint density at radius 3 is 2.66 bits per heavy atom. The van der Waals surface area contributed by atoms with Gasteiger partial charge in [0.2, 0.25) is 0 Å². The Hall–Kier alpha value is -4.66. The van der Waals surface area contributed by atoms with E-state index >= 15 is 0 Å². The first-order valence-electron chi connectivity index (χ1n) is 12.6. The molecule has 9 nitrogen and oxygen atoms in total. The minimum atomic E-state index is -1.02. The molecule has 2 N–H and O–H groups in total. The Bertz CT molecular complexity index is 1590. The van der Waals surface area contributed by atoms with Gasteiger partial charge in [-0.1, -0.05) is 29.4 Å². The quantitative estimate of drug-likeness (QED) is 0.294. The molecule has 1 aliphatic heterocycles. The standard InChI is InChI=1S/C29H25N3O6/c1-2-37-29(36)17-6-5-13-32(15-17)22-14-21(30-18-11-9-16(10-12-18)28(34)35)23-24-25(22)31-38-27(24)20-8-4-3-7-19(20)26(23)33/h3-4,7-12,14,17,30H,2,5-6,13,15H2,1H3,(H,34,35)/t17-/m1/s1. The van der Waals surface area contributed by atoms with Crippen molar-refractivity contribution >= 4 is 45.7 Å². The van der Waals surface area contributed by atoms with E-state index in [1.54, 1.807) is 25.1 Å². The summed E-state index contributed by atoms with van der Waals surface area (Å²) in [5.41, 5.74) is 4.32. The molecule has 0 saturated carbocycles. The number of hydrogen-bond donors (Lipinski definition) is 2. The number of carboxylic acids is 1. The maximum absolute atomic E-state index is 13.8. The van der Waals surface area contributed by atoms with Crippen LogP contribution in [0.4, 0.5) is 17.1 Å². The van der Waals surface area contributed by atoms with Crippen LogP contribution in [0, 0.1) is 5.92 Å². The van der Waals surface area contributed by atoms with Crippen molar-refractivity contribution in [3.8, 4) is 11.3 Å². The molecule has 0 amide bonds. The van der Waals surface area contributed by atoms with Crippen LogP contribution in [0.25, 0.3) is 22.2 Å². The van der Waals surface area contributed by atoms with Crippen molar-refractivity contribution < 1.29 is 28.8 Å². The molecule has 1 aromatic heterocycles. The summed E-state index contributed by atoms with van der Waals surface area (Å²) in [7, 11) is 0. The van der Waals surface area contributed by atoms with Crippen LogP contribution in [0.15, 0.2) is 59.1 Å². The van der Waals surface area contributed by atoms with Gasteiger partial charge in [0.15, 0.2) is 11.5 Å². The largest absolute Gasteiger partial charge is 0.478 e. The first-order valence-corrected chi connectivity index (χ1v) is 12.6. The van der Waals surface area contributed by atoms with Crippen molar-refractivity contribution in [1.82, 2.24) is 5.16 Å². The Labute approximate surface area is 218 Å². The van der Waals surface area contributed by atoms with Gasteiger partial charge in [0.05, 0.1) is 40.4 Å². The fraction of sp³-hybridized carbons (Fsp3) is 0.241. The van der Waals surface area contributed by atoms with Gasteiger partial charge in [0.1, 0.15) is 5.52 Å². The highest BCUT2D eigenvalue weighted by Crippen LogP contribution is 2.46. The topological polar surface area (TPSA) is 122 Å². The van der Waals surface area contributed by atoms with E-state index < -0.39 is 5.97 Å². The molecule has 3 aromatic carbocycles. The molecular weight excluding hydrogens is 486 g/mol. The van der Waals surface area contributed by atoms with Crippen molar-refractivity contribution in [2.45, 2.75) is 19.8 Å². The number of hydrogen-bond acceptors (Lipinski definition) is 8. The number of aromatic carboxylic acids is 1. The number of fused-ring (bicyclic) bond motifs is 2. The summed E-state index contributed by atoms with van der Waals surface area (Å²) < 4.78 is 11.1. The zero-order chi connectivity index (χ0) is 26.4. The number of ether oxygens (including phenoxy) is 1. The van der Waals surface area contributed by atoms with E-state index in [2.05, 4.69) is 15.4 Å². The van der Waals surface area contributed by atoms with Crippen molar-refractivity contribution in [3.63, 3.8) is 0 Å². The van der Waals surface area contributed by atoms with Crippen molar-refractivity contribution in [2.24, 2.45) is 5.92 Å². The number of aromatic nitrogens is 1. The lowest BCUT2D eigenvalue weighted by atomic mass is 9.86. The first kappa shape index (κ1) is 23.7. The van der Waals surface area contributed by atoms with Gasteiger partial charge in [-0.2, -0.15) is 0 Å². The van der Waals surface area contributed by atoms with E-state index in [1.165, 1.54) is 12.1 Å². The maximum atomic E-state index is 13.8. The van der Waals surface area contributed by atoms with Gasteiger partial charge in [0, 0.05) is 29.9 Å². The number of piperidine rings is 1. The van der Waals surface area contributed by atoms with Crippen LogP contribution in [0.3, 0.4) is 0 Å². The minimum absolute atomic E-state index is 0.152. The van der Waals surface area contributed by atoms with Crippen LogP contribution in [0.5, 0.6) is 0 Å². The van der Waals surface area contributed by atoms with Gasteiger partial charge in [0.25, 0.3) is 0 Å². The van der Waals surface area contributed by atoms with Crippen LogP contribution >= 0.6 is 0 Å². The molecule has 1 fully saturated rings. The molecule has 2 aliphatic rings. The maximum Gasteiger partial charge on any atom is 0.335 e. The van der Waals surface area contributed by atoms with Gasteiger partial charge < -0.3 is 24.6 Å². The number of ketones is 1. The Balaban J connectivity index is 1.50. The second-order valence-corrected chi connectivity index (χ2v) is 9.47. The molecule has 38 heavy (non-hydrogen) atoms. The number of nitrogens with zero attached hydrogens (tertiary/aromatic N) is 2. The van der Waals surface area contributed by atoms with Gasteiger partial charge in [-0.15, -0.1) is 0 Å². The normalized spacial score (nSPS) is 16.3. The summed E-state index contributed by atoms with van der Waals surface area (Å²) in [6.45, 7) is 3.31. The molecular formula is C29H25N3O6. The molecule has 1 atom stereocenters. The van der Waals surface area contributed by atoms with E-state index in [-0.39, 0.29) is 23.2 Å². The highest BCUT2D eigenvalue weighted by molar-refractivity contribution is 6.28. The summed E-state index contributed by atoms with van der Waals surface area (Å²) in [4.78, 5) is 39.7. The summed E-state index contributed by atoms with van der Waals surface area (Å²) in [5.74, 6) is -1.12. The third-order valence-corrected chi connectivity index (χ3v) is 7.17. The molecule has 4 aromatic rings. The van der Waals surface area contributed by atoms with Gasteiger partial charge in [-0.05, 0) is 50.1 Å². The highest BCUT2D eigenvalue weighted by Gasteiger charge is 2.35. The second-order valence-electron chi connectivity index (χ2n) is 9.47. The summed E-state index contributed by atoms with van der Waals surface area (Å²) >= 11 is 0. The zero-order valence-electron chi connectivity index (χ0n) is 20.7. The number of esters is 1. The van der Waals surface area contributed by atoms with E-state index in [0.717, 1.165) is 18.5 Å². The number of carbonyl (C=O) groups excluding carboxylic acids is 2. The molecule has 0 bridgehead atoms. The van der Waals surface area contributed by atoms with Crippen LogP contribution in [-0.4, -0.2) is 47.7 Å². The van der Waals surface area contributed by atoms with Gasteiger partial charge in [-0.25, -0.2) is 4.79 Å².